The van der Waals surface area contributed by atoms with Crippen molar-refractivity contribution >= 4 is 23.2 Å². The van der Waals surface area contributed by atoms with E-state index in [1.54, 1.807) is 29.8 Å². The van der Waals surface area contributed by atoms with Crippen molar-refractivity contribution in [1.29, 1.82) is 0 Å². The number of nitrogens with one attached hydrogen (secondary N) is 1. The summed E-state index contributed by atoms with van der Waals surface area (Å²) in [6.45, 7) is 2.56. The minimum absolute atomic E-state index is 0.147. The number of thiazole rings is 1. The number of nitrogen functional groups attached to an aromatic ring is 1. The summed E-state index contributed by atoms with van der Waals surface area (Å²) in [5, 5.41) is 7.18. The molecular weight excluding hydrogens is 276 g/mol. The fraction of sp³-hybridized carbons (Fsp3) is 0.182. The van der Waals surface area contributed by atoms with E-state index in [2.05, 4.69) is 30.4 Å². The lowest BCUT2D eigenvalue weighted by Gasteiger charge is -2.06. The van der Waals surface area contributed by atoms with Crippen LogP contribution in [0.5, 0.6) is 0 Å². The molecular formula is C11H12N8S. The Balaban J connectivity index is 1.81. The standard InChI is InChI=1S/C11H12N8S/c1-7-8(20-6-14-7)5-13-10-16-9(12)17-11(18-10)19-4-2-3-15-19/h2-4,6H,5H2,1H3,(H3,12,13,16,17,18). The molecule has 0 spiro atoms. The second-order valence-electron chi connectivity index (χ2n) is 3.98. The first-order valence-electron chi connectivity index (χ1n) is 5.87. The minimum atomic E-state index is 0.147. The SMILES string of the molecule is Cc1ncsc1CNc1nc(N)nc(-n2cccn2)n1. The van der Waals surface area contributed by atoms with E-state index in [4.69, 9.17) is 5.73 Å². The Morgan fingerprint density at radius 3 is 2.95 bits per heavy atom. The van der Waals surface area contributed by atoms with E-state index in [0.717, 1.165) is 10.6 Å². The zero-order valence-corrected chi connectivity index (χ0v) is 11.5. The molecule has 0 amide bonds. The van der Waals surface area contributed by atoms with Crippen molar-refractivity contribution in [3.05, 3.63) is 34.5 Å². The van der Waals surface area contributed by atoms with E-state index < -0.39 is 0 Å². The van der Waals surface area contributed by atoms with Gasteiger partial charge in [0.25, 0.3) is 5.95 Å². The quantitative estimate of drug-likeness (QED) is 0.737. The van der Waals surface area contributed by atoms with Crippen molar-refractivity contribution in [3.8, 4) is 5.95 Å². The fourth-order valence-corrected chi connectivity index (χ4v) is 2.32. The molecule has 0 aliphatic carbocycles. The Morgan fingerprint density at radius 2 is 2.25 bits per heavy atom. The molecule has 0 saturated carbocycles. The molecule has 3 aromatic heterocycles. The number of hydrogen-bond donors (Lipinski definition) is 2. The summed E-state index contributed by atoms with van der Waals surface area (Å²) in [7, 11) is 0. The maximum absolute atomic E-state index is 5.69. The van der Waals surface area contributed by atoms with Crippen LogP contribution in [0.25, 0.3) is 5.95 Å². The molecule has 3 aromatic rings. The Bertz CT molecular complexity index is 705. The molecule has 0 atom stereocenters. The summed E-state index contributed by atoms with van der Waals surface area (Å²) in [5.41, 5.74) is 8.50. The number of aryl methyl sites for hydroxylation is 1. The summed E-state index contributed by atoms with van der Waals surface area (Å²) < 4.78 is 1.53. The van der Waals surface area contributed by atoms with E-state index in [-0.39, 0.29) is 5.95 Å². The van der Waals surface area contributed by atoms with Gasteiger partial charge in [0, 0.05) is 17.3 Å². The summed E-state index contributed by atoms with van der Waals surface area (Å²) >= 11 is 1.58. The summed E-state index contributed by atoms with van der Waals surface area (Å²) in [6.07, 6.45) is 3.39. The van der Waals surface area contributed by atoms with Crippen LogP contribution in [0, 0.1) is 6.92 Å². The molecule has 0 fully saturated rings. The van der Waals surface area contributed by atoms with Crippen molar-refractivity contribution in [3.63, 3.8) is 0 Å². The van der Waals surface area contributed by atoms with Gasteiger partial charge in [-0.25, -0.2) is 9.67 Å². The molecule has 3 rings (SSSR count). The van der Waals surface area contributed by atoms with Crippen LogP contribution in [0.3, 0.4) is 0 Å². The number of nitrogens with zero attached hydrogens (tertiary/aromatic N) is 6. The van der Waals surface area contributed by atoms with Crippen LogP contribution < -0.4 is 11.1 Å². The van der Waals surface area contributed by atoms with Gasteiger partial charge in [-0.2, -0.15) is 20.1 Å². The third-order valence-corrected chi connectivity index (χ3v) is 3.54. The lowest BCUT2D eigenvalue weighted by Crippen LogP contribution is -2.11. The van der Waals surface area contributed by atoms with Crippen molar-refractivity contribution in [1.82, 2.24) is 29.7 Å². The van der Waals surface area contributed by atoms with Gasteiger partial charge >= 0.3 is 0 Å². The maximum atomic E-state index is 5.69. The summed E-state index contributed by atoms with van der Waals surface area (Å²) in [6, 6.07) is 1.79. The number of rotatable bonds is 4. The first-order valence-corrected chi connectivity index (χ1v) is 6.75. The summed E-state index contributed by atoms with van der Waals surface area (Å²) in [4.78, 5) is 17.7. The molecule has 0 aromatic carbocycles. The predicted molar refractivity (Wildman–Crippen MR) is 75.5 cm³/mol. The van der Waals surface area contributed by atoms with Gasteiger partial charge in [0.2, 0.25) is 11.9 Å². The highest BCUT2D eigenvalue weighted by atomic mass is 32.1. The lowest BCUT2D eigenvalue weighted by atomic mass is 10.4. The molecule has 0 bridgehead atoms. The third-order valence-electron chi connectivity index (χ3n) is 2.60. The highest BCUT2D eigenvalue weighted by Crippen LogP contribution is 2.14. The predicted octanol–water partition coefficient (Wildman–Crippen LogP) is 1.02. The maximum Gasteiger partial charge on any atom is 0.257 e. The van der Waals surface area contributed by atoms with Crippen molar-refractivity contribution in [2.45, 2.75) is 13.5 Å². The zero-order valence-electron chi connectivity index (χ0n) is 10.7. The average Bonchev–Trinajstić information content (AvgIpc) is 3.07. The van der Waals surface area contributed by atoms with Gasteiger partial charge in [-0.15, -0.1) is 11.3 Å². The van der Waals surface area contributed by atoms with Crippen LogP contribution in [0.15, 0.2) is 24.0 Å². The van der Waals surface area contributed by atoms with Crippen LogP contribution >= 0.6 is 11.3 Å². The molecule has 0 radical (unpaired) electrons. The normalized spacial score (nSPS) is 10.7. The average molecular weight is 288 g/mol. The van der Waals surface area contributed by atoms with E-state index in [9.17, 15) is 0 Å². The van der Waals surface area contributed by atoms with Crippen LogP contribution in [0.2, 0.25) is 0 Å². The Morgan fingerprint density at radius 1 is 1.35 bits per heavy atom. The molecule has 3 heterocycles. The summed E-state index contributed by atoms with van der Waals surface area (Å²) in [5.74, 6) is 0.941. The van der Waals surface area contributed by atoms with Crippen LogP contribution in [0.1, 0.15) is 10.6 Å². The Hall–Kier alpha value is -2.55. The monoisotopic (exact) mass is 288 g/mol. The highest BCUT2D eigenvalue weighted by molar-refractivity contribution is 7.09. The largest absolute Gasteiger partial charge is 0.368 e. The molecule has 102 valence electrons. The van der Waals surface area contributed by atoms with Crippen LogP contribution in [0.4, 0.5) is 11.9 Å². The second kappa shape index (κ2) is 5.21. The van der Waals surface area contributed by atoms with E-state index >= 15 is 0 Å². The first kappa shape index (κ1) is 12.5. The molecule has 9 heteroatoms. The van der Waals surface area contributed by atoms with Gasteiger partial charge < -0.3 is 11.1 Å². The lowest BCUT2D eigenvalue weighted by molar-refractivity contribution is 0.798. The Labute approximate surface area is 118 Å². The van der Waals surface area contributed by atoms with Gasteiger partial charge in [-0.1, -0.05) is 0 Å². The van der Waals surface area contributed by atoms with E-state index in [0.29, 0.717) is 18.4 Å². The van der Waals surface area contributed by atoms with Gasteiger partial charge in [-0.05, 0) is 13.0 Å². The number of anilines is 2. The van der Waals surface area contributed by atoms with E-state index in [1.165, 1.54) is 4.68 Å². The Kier molecular flexibility index (Phi) is 3.25. The van der Waals surface area contributed by atoms with Gasteiger partial charge in [0.05, 0.1) is 17.7 Å². The second-order valence-corrected chi connectivity index (χ2v) is 4.92. The molecule has 0 unspecified atom stereocenters. The molecule has 3 N–H and O–H groups in total. The van der Waals surface area contributed by atoms with Gasteiger partial charge in [-0.3, -0.25) is 0 Å². The number of nitrogens with two attached hydrogens (primary N) is 1. The first-order chi connectivity index (χ1) is 9.72. The molecule has 8 nitrogen and oxygen atoms in total. The zero-order chi connectivity index (χ0) is 13.9. The fourth-order valence-electron chi connectivity index (χ4n) is 1.60. The minimum Gasteiger partial charge on any atom is -0.368 e. The smallest absolute Gasteiger partial charge is 0.257 e. The van der Waals surface area contributed by atoms with Crippen LogP contribution in [-0.2, 0) is 6.54 Å². The van der Waals surface area contributed by atoms with Crippen molar-refractivity contribution in [2.24, 2.45) is 0 Å². The molecule has 0 aliphatic heterocycles. The van der Waals surface area contributed by atoms with Gasteiger partial charge in [0.15, 0.2) is 0 Å². The highest BCUT2D eigenvalue weighted by Gasteiger charge is 2.07. The number of hydrogen-bond acceptors (Lipinski definition) is 8. The molecule has 0 saturated heterocycles. The van der Waals surface area contributed by atoms with Gasteiger partial charge in [0.1, 0.15) is 0 Å². The topological polar surface area (TPSA) is 107 Å². The third kappa shape index (κ3) is 2.57. The molecule has 0 aliphatic rings. The van der Waals surface area contributed by atoms with Crippen molar-refractivity contribution in [2.75, 3.05) is 11.1 Å². The number of aromatic nitrogens is 6. The molecule has 20 heavy (non-hydrogen) atoms. The van der Waals surface area contributed by atoms with Crippen molar-refractivity contribution < 1.29 is 0 Å². The van der Waals surface area contributed by atoms with Crippen LogP contribution in [-0.4, -0.2) is 29.7 Å². The van der Waals surface area contributed by atoms with E-state index in [1.807, 2.05) is 12.4 Å².